The summed E-state index contributed by atoms with van der Waals surface area (Å²) in [6.45, 7) is 0.110. The maximum atomic E-state index is 12.7. The molecule has 0 saturated carbocycles. The summed E-state index contributed by atoms with van der Waals surface area (Å²) < 4.78 is 38.7. The van der Waals surface area contributed by atoms with E-state index in [4.69, 9.17) is 9.47 Å². The van der Waals surface area contributed by atoms with Gasteiger partial charge in [-0.1, -0.05) is 42.5 Å². The number of aliphatic hydroxyl groups is 1. The summed E-state index contributed by atoms with van der Waals surface area (Å²) in [5.41, 5.74) is 1.13. The first kappa shape index (κ1) is 23.9. The molecule has 3 rings (SSSR count). The van der Waals surface area contributed by atoms with Crippen LogP contribution in [0.3, 0.4) is 0 Å². The van der Waals surface area contributed by atoms with Crippen LogP contribution in [0.15, 0.2) is 71.6 Å². The summed E-state index contributed by atoms with van der Waals surface area (Å²) in [6, 6.07) is 15.1. The molecule has 1 aliphatic rings. The van der Waals surface area contributed by atoms with Crippen molar-refractivity contribution in [3.05, 3.63) is 72.3 Å². The number of sulfonamides is 1. The summed E-state index contributed by atoms with van der Waals surface area (Å²) >= 11 is 0. The van der Waals surface area contributed by atoms with Crippen molar-refractivity contribution in [2.24, 2.45) is 0 Å². The van der Waals surface area contributed by atoms with Crippen molar-refractivity contribution >= 4 is 15.9 Å². The molecule has 3 atom stereocenters. The van der Waals surface area contributed by atoms with Gasteiger partial charge in [0, 0.05) is 6.54 Å². The van der Waals surface area contributed by atoms with Crippen molar-refractivity contribution in [1.82, 2.24) is 10.0 Å². The van der Waals surface area contributed by atoms with Crippen LogP contribution in [0.25, 0.3) is 0 Å². The van der Waals surface area contributed by atoms with Gasteiger partial charge in [0.15, 0.2) is 0 Å². The van der Waals surface area contributed by atoms with Gasteiger partial charge in [0.2, 0.25) is 15.9 Å². The fourth-order valence-corrected chi connectivity index (χ4v) is 4.58. The molecule has 9 heteroatoms. The molecular weight excluding hydrogens is 432 g/mol. The van der Waals surface area contributed by atoms with Crippen molar-refractivity contribution in [2.75, 3.05) is 20.3 Å². The zero-order valence-electron chi connectivity index (χ0n) is 17.8. The minimum atomic E-state index is -3.83. The first-order chi connectivity index (χ1) is 15.4. The summed E-state index contributed by atoms with van der Waals surface area (Å²) in [4.78, 5) is 12.3. The van der Waals surface area contributed by atoms with E-state index < -0.39 is 34.9 Å². The molecule has 2 aromatic rings. The molecule has 8 nitrogen and oxygen atoms in total. The van der Waals surface area contributed by atoms with Crippen LogP contribution in [0, 0.1) is 0 Å². The first-order valence-electron chi connectivity index (χ1n) is 10.3. The van der Waals surface area contributed by atoms with Gasteiger partial charge < -0.3 is 19.9 Å². The average molecular weight is 461 g/mol. The molecule has 0 saturated heterocycles. The third-order valence-electron chi connectivity index (χ3n) is 5.09. The normalized spacial score (nSPS) is 20.6. The van der Waals surface area contributed by atoms with Crippen LogP contribution in [-0.2, 0) is 26.0 Å². The molecule has 0 fully saturated rings. The average Bonchev–Trinajstić information content (AvgIpc) is 2.80. The van der Waals surface area contributed by atoms with Gasteiger partial charge in [0.25, 0.3) is 0 Å². The Morgan fingerprint density at radius 2 is 1.81 bits per heavy atom. The molecule has 3 N–H and O–H groups in total. The minimum absolute atomic E-state index is 0.0725. The predicted molar refractivity (Wildman–Crippen MR) is 120 cm³/mol. The molecule has 1 amide bonds. The Bertz CT molecular complexity index is 1010. The van der Waals surface area contributed by atoms with Gasteiger partial charge in [-0.15, -0.1) is 0 Å². The van der Waals surface area contributed by atoms with E-state index in [9.17, 15) is 18.3 Å². The molecule has 172 valence electrons. The number of rotatable bonds is 10. The number of benzene rings is 2. The Morgan fingerprint density at radius 3 is 2.47 bits per heavy atom. The van der Waals surface area contributed by atoms with E-state index in [1.807, 2.05) is 30.3 Å². The van der Waals surface area contributed by atoms with Crippen LogP contribution in [-0.4, -0.2) is 57.9 Å². The topological polar surface area (TPSA) is 114 Å². The summed E-state index contributed by atoms with van der Waals surface area (Å²) in [5.74, 6) is 0.368. The van der Waals surface area contributed by atoms with Gasteiger partial charge in [-0.05, 0) is 36.2 Å². The monoisotopic (exact) mass is 460 g/mol. The number of amides is 1. The maximum absolute atomic E-state index is 12.7. The quantitative estimate of drug-likeness (QED) is 0.462. The fourth-order valence-electron chi connectivity index (χ4n) is 3.36. The highest BCUT2D eigenvalue weighted by Gasteiger charge is 2.31. The van der Waals surface area contributed by atoms with Gasteiger partial charge in [0.05, 0.1) is 37.2 Å². The van der Waals surface area contributed by atoms with Crippen molar-refractivity contribution < 1.29 is 27.8 Å². The number of nitrogens with one attached hydrogen (secondary N) is 2. The Balaban J connectivity index is 1.53. The number of carbonyl (C=O) groups excluding carboxylic acids is 1. The summed E-state index contributed by atoms with van der Waals surface area (Å²) in [7, 11) is -2.34. The van der Waals surface area contributed by atoms with Crippen LogP contribution in [0.2, 0.25) is 0 Å². The van der Waals surface area contributed by atoms with Gasteiger partial charge in [0.1, 0.15) is 11.9 Å². The molecule has 0 bridgehead atoms. The molecular formula is C23H28N2O6S. The zero-order chi connectivity index (χ0) is 23.0. The number of carbonyl (C=O) groups is 1. The van der Waals surface area contributed by atoms with Gasteiger partial charge in [-0.3, -0.25) is 4.79 Å². The predicted octanol–water partition coefficient (Wildman–Crippen LogP) is 1.41. The lowest BCUT2D eigenvalue weighted by Gasteiger charge is -2.31. The number of aliphatic hydroxyl groups excluding tert-OH is 1. The van der Waals surface area contributed by atoms with Crippen LogP contribution < -0.4 is 14.8 Å². The standard InChI is InChI=1S/C23H28N2O6S/c1-30-18-7-10-20(11-8-18)32(28,29)25-21-12-9-19(31-22(21)16-26)15-23(27)24-14-13-17-5-3-2-4-6-17/h2-12,19,21-22,25-26H,13-16H2,1H3,(H,24,27)/t19-,21-,22-/m0/s1. The van der Waals surface area contributed by atoms with Crippen molar-refractivity contribution in [3.63, 3.8) is 0 Å². The SMILES string of the molecule is COc1ccc(S(=O)(=O)N[C@H]2C=C[C@@H](CC(=O)NCCc3ccccc3)O[C@H]2CO)cc1. The number of hydrogen-bond acceptors (Lipinski definition) is 6. The van der Waals surface area contributed by atoms with E-state index in [0.29, 0.717) is 12.3 Å². The molecule has 0 spiro atoms. The third kappa shape index (κ3) is 6.64. The molecule has 0 aliphatic carbocycles. The number of hydrogen-bond donors (Lipinski definition) is 3. The van der Waals surface area contributed by atoms with Crippen molar-refractivity contribution in [2.45, 2.75) is 36.0 Å². The second kappa shape index (κ2) is 11.2. The maximum Gasteiger partial charge on any atom is 0.241 e. The van der Waals surface area contributed by atoms with Gasteiger partial charge in [-0.25, -0.2) is 13.1 Å². The highest BCUT2D eigenvalue weighted by atomic mass is 32.2. The molecule has 0 unspecified atom stereocenters. The van der Waals surface area contributed by atoms with Crippen LogP contribution in [0.4, 0.5) is 0 Å². The Labute approximate surface area is 188 Å². The second-order valence-electron chi connectivity index (χ2n) is 7.39. The number of ether oxygens (including phenoxy) is 2. The fraction of sp³-hybridized carbons (Fsp3) is 0.348. The van der Waals surface area contributed by atoms with Crippen LogP contribution in [0.5, 0.6) is 5.75 Å². The largest absolute Gasteiger partial charge is 0.497 e. The lowest BCUT2D eigenvalue weighted by Crippen LogP contribution is -2.49. The number of methoxy groups -OCH3 is 1. The molecule has 0 radical (unpaired) electrons. The Morgan fingerprint density at radius 1 is 1.09 bits per heavy atom. The van der Waals surface area contributed by atoms with E-state index in [-0.39, 0.29) is 17.2 Å². The van der Waals surface area contributed by atoms with E-state index in [1.54, 1.807) is 24.3 Å². The molecule has 0 aromatic heterocycles. The lowest BCUT2D eigenvalue weighted by molar-refractivity contribution is -0.125. The van der Waals surface area contributed by atoms with E-state index in [2.05, 4.69) is 10.0 Å². The second-order valence-corrected chi connectivity index (χ2v) is 9.11. The zero-order valence-corrected chi connectivity index (χ0v) is 18.6. The highest BCUT2D eigenvalue weighted by Crippen LogP contribution is 2.20. The molecule has 2 aromatic carbocycles. The minimum Gasteiger partial charge on any atom is -0.497 e. The molecule has 1 aliphatic heterocycles. The van der Waals surface area contributed by atoms with Crippen LogP contribution in [0.1, 0.15) is 12.0 Å². The lowest BCUT2D eigenvalue weighted by atomic mass is 10.1. The van der Waals surface area contributed by atoms with Gasteiger partial charge in [-0.2, -0.15) is 0 Å². The van der Waals surface area contributed by atoms with Crippen molar-refractivity contribution in [3.8, 4) is 5.75 Å². The van der Waals surface area contributed by atoms with E-state index >= 15 is 0 Å². The Hall–Kier alpha value is -2.72. The van der Waals surface area contributed by atoms with Crippen LogP contribution >= 0.6 is 0 Å². The molecule has 32 heavy (non-hydrogen) atoms. The Kier molecular flexibility index (Phi) is 8.40. The van der Waals surface area contributed by atoms with E-state index in [0.717, 1.165) is 12.0 Å². The summed E-state index contributed by atoms with van der Waals surface area (Å²) in [5, 5.41) is 12.6. The van der Waals surface area contributed by atoms with Gasteiger partial charge >= 0.3 is 0 Å². The molecule has 1 heterocycles. The first-order valence-corrected chi connectivity index (χ1v) is 11.8. The smallest absolute Gasteiger partial charge is 0.241 e. The third-order valence-corrected chi connectivity index (χ3v) is 6.56. The van der Waals surface area contributed by atoms with Crippen molar-refractivity contribution in [1.29, 1.82) is 0 Å². The highest BCUT2D eigenvalue weighted by molar-refractivity contribution is 7.89. The van der Waals surface area contributed by atoms with E-state index in [1.165, 1.54) is 19.2 Å². The summed E-state index contributed by atoms with van der Waals surface area (Å²) in [6.07, 6.45) is 2.71.